The minimum absolute atomic E-state index is 0.0360. The molecule has 0 radical (unpaired) electrons. The van der Waals surface area contributed by atoms with E-state index in [0.29, 0.717) is 23.4 Å². The fraction of sp³-hybridized carbons (Fsp3) is 0.478. The number of hydrogen-bond donors (Lipinski definition) is 0. The fourth-order valence-corrected chi connectivity index (χ4v) is 5.21. The number of benzene rings is 1. The third-order valence-electron chi connectivity index (χ3n) is 6.95. The molecule has 2 saturated heterocycles. The van der Waals surface area contributed by atoms with Crippen molar-refractivity contribution in [1.82, 2.24) is 9.88 Å². The smallest absolute Gasteiger partial charge is 0.226 e. The van der Waals surface area contributed by atoms with Crippen LogP contribution in [0.4, 0.5) is 10.1 Å². The zero-order chi connectivity index (χ0) is 20.0. The number of carbonyl (C=O) groups is 1. The average Bonchev–Trinajstić information content (AvgIpc) is 3.25. The van der Waals surface area contributed by atoms with Gasteiger partial charge in [-0.2, -0.15) is 0 Å². The summed E-state index contributed by atoms with van der Waals surface area (Å²) in [4.78, 5) is 21.3. The van der Waals surface area contributed by atoms with Gasteiger partial charge in [0, 0.05) is 43.6 Å². The first-order chi connectivity index (χ1) is 14.2. The van der Waals surface area contributed by atoms with Gasteiger partial charge in [0.15, 0.2) is 5.82 Å². The third-order valence-corrected chi connectivity index (χ3v) is 6.95. The second-order valence-corrected chi connectivity index (χ2v) is 8.49. The van der Waals surface area contributed by atoms with Crippen LogP contribution < -0.4 is 9.64 Å². The van der Waals surface area contributed by atoms with Crippen LogP contribution >= 0.6 is 0 Å². The lowest BCUT2D eigenvalue weighted by atomic mass is 9.83. The summed E-state index contributed by atoms with van der Waals surface area (Å²) in [5.41, 5.74) is 1.75. The zero-order valence-electron chi connectivity index (χ0n) is 16.6. The summed E-state index contributed by atoms with van der Waals surface area (Å²) in [6, 6.07) is 9.85. The molecule has 5 nitrogen and oxygen atoms in total. The molecule has 1 aromatic carbocycles. The van der Waals surface area contributed by atoms with Crippen molar-refractivity contribution in [3.8, 4) is 5.75 Å². The molecule has 3 atom stereocenters. The highest BCUT2D eigenvalue weighted by atomic mass is 19.1. The first-order valence-corrected chi connectivity index (χ1v) is 10.4. The van der Waals surface area contributed by atoms with Gasteiger partial charge in [0.1, 0.15) is 5.75 Å². The van der Waals surface area contributed by atoms with Gasteiger partial charge in [0.05, 0.1) is 25.0 Å². The summed E-state index contributed by atoms with van der Waals surface area (Å²) in [5, 5.41) is 0. The van der Waals surface area contributed by atoms with Gasteiger partial charge in [-0.1, -0.05) is 18.6 Å². The average molecular weight is 395 g/mol. The number of pyridine rings is 1. The predicted octanol–water partition coefficient (Wildman–Crippen LogP) is 3.67. The van der Waals surface area contributed by atoms with Crippen LogP contribution in [0.3, 0.4) is 0 Å². The van der Waals surface area contributed by atoms with Crippen LogP contribution in [0.25, 0.3) is 0 Å². The first-order valence-electron chi connectivity index (χ1n) is 10.4. The highest BCUT2D eigenvalue weighted by Gasteiger charge is 2.50. The van der Waals surface area contributed by atoms with Gasteiger partial charge < -0.3 is 14.5 Å². The van der Waals surface area contributed by atoms with Crippen molar-refractivity contribution in [2.24, 2.45) is 17.8 Å². The number of anilines is 1. The van der Waals surface area contributed by atoms with E-state index >= 15 is 0 Å². The van der Waals surface area contributed by atoms with Crippen molar-refractivity contribution in [1.29, 1.82) is 0 Å². The number of rotatable bonds is 4. The van der Waals surface area contributed by atoms with E-state index in [1.54, 1.807) is 19.4 Å². The molecule has 3 fully saturated rings. The van der Waals surface area contributed by atoms with Crippen molar-refractivity contribution in [3.63, 3.8) is 0 Å². The minimum Gasteiger partial charge on any atom is -0.497 e. The van der Waals surface area contributed by atoms with E-state index in [4.69, 9.17) is 4.74 Å². The molecule has 1 aliphatic carbocycles. The Morgan fingerprint density at radius 3 is 2.59 bits per heavy atom. The number of likely N-dealkylation sites (tertiary alicyclic amines) is 1. The van der Waals surface area contributed by atoms with Gasteiger partial charge in [-0.3, -0.25) is 9.78 Å². The molecule has 0 spiro atoms. The molecule has 0 bridgehead atoms. The Morgan fingerprint density at radius 2 is 1.93 bits per heavy atom. The Bertz CT molecular complexity index is 899. The van der Waals surface area contributed by atoms with E-state index in [0.717, 1.165) is 50.2 Å². The second kappa shape index (κ2) is 7.32. The molecule has 0 N–H and O–H groups in total. The normalized spacial score (nSPS) is 26.3. The summed E-state index contributed by atoms with van der Waals surface area (Å²) in [6.45, 7) is 2.27. The van der Waals surface area contributed by atoms with Crippen LogP contribution in [-0.2, 0) is 4.79 Å². The van der Waals surface area contributed by atoms with Crippen LogP contribution in [-0.4, -0.2) is 42.5 Å². The Labute approximate surface area is 170 Å². The minimum atomic E-state index is -0.282. The largest absolute Gasteiger partial charge is 0.497 e. The van der Waals surface area contributed by atoms with Crippen LogP contribution in [0.5, 0.6) is 5.75 Å². The SMILES string of the molecule is COc1ccc([C@H]2[C@H]3CN(c4ccncc4F)C[C@H]3CN2C(=O)C2CCC2)cc1. The van der Waals surface area contributed by atoms with Gasteiger partial charge >= 0.3 is 0 Å². The van der Waals surface area contributed by atoms with E-state index < -0.39 is 0 Å². The van der Waals surface area contributed by atoms with E-state index in [1.807, 2.05) is 12.1 Å². The summed E-state index contributed by atoms with van der Waals surface area (Å²) >= 11 is 0. The summed E-state index contributed by atoms with van der Waals surface area (Å²) in [6.07, 6.45) is 6.08. The molecule has 29 heavy (non-hydrogen) atoms. The molecule has 1 amide bonds. The highest BCUT2D eigenvalue weighted by Crippen LogP contribution is 2.47. The van der Waals surface area contributed by atoms with Crippen molar-refractivity contribution in [2.45, 2.75) is 25.3 Å². The molecule has 0 unspecified atom stereocenters. The number of amides is 1. The second-order valence-electron chi connectivity index (χ2n) is 8.49. The molecule has 6 heteroatoms. The Hall–Kier alpha value is -2.63. The van der Waals surface area contributed by atoms with Crippen LogP contribution in [0, 0.1) is 23.6 Å². The van der Waals surface area contributed by atoms with E-state index in [9.17, 15) is 9.18 Å². The van der Waals surface area contributed by atoms with Gasteiger partial charge in [-0.05, 0) is 36.6 Å². The summed E-state index contributed by atoms with van der Waals surface area (Å²) in [7, 11) is 1.66. The number of fused-ring (bicyclic) bond motifs is 1. The van der Waals surface area contributed by atoms with Crippen LogP contribution in [0.15, 0.2) is 42.7 Å². The van der Waals surface area contributed by atoms with E-state index in [2.05, 4.69) is 26.9 Å². The molecule has 1 saturated carbocycles. The van der Waals surface area contributed by atoms with Crippen LogP contribution in [0.1, 0.15) is 30.9 Å². The maximum atomic E-state index is 14.3. The molecule has 152 valence electrons. The van der Waals surface area contributed by atoms with E-state index in [1.165, 1.54) is 6.20 Å². The number of carbonyl (C=O) groups excluding carboxylic acids is 1. The number of halogens is 1. The molecule has 1 aromatic heterocycles. The molecular weight excluding hydrogens is 369 g/mol. The van der Waals surface area contributed by atoms with E-state index in [-0.39, 0.29) is 17.8 Å². The van der Waals surface area contributed by atoms with Crippen molar-refractivity contribution >= 4 is 11.6 Å². The number of methoxy groups -OCH3 is 1. The third kappa shape index (κ3) is 3.15. The van der Waals surface area contributed by atoms with Gasteiger partial charge in [0.25, 0.3) is 0 Å². The molecule has 3 aliphatic rings. The van der Waals surface area contributed by atoms with Gasteiger partial charge in [0.2, 0.25) is 5.91 Å². The molecule has 5 rings (SSSR count). The number of nitrogens with zero attached hydrogens (tertiary/aromatic N) is 3. The Morgan fingerprint density at radius 1 is 1.14 bits per heavy atom. The van der Waals surface area contributed by atoms with Crippen LogP contribution in [0.2, 0.25) is 0 Å². The topological polar surface area (TPSA) is 45.7 Å². The Balaban J connectivity index is 1.44. The lowest BCUT2D eigenvalue weighted by molar-refractivity contribution is -0.139. The molecule has 2 aromatic rings. The van der Waals surface area contributed by atoms with Gasteiger partial charge in [-0.25, -0.2) is 4.39 Å². The predicted molar refractivity (Wildman–Crippen MR) is 108 cm³/mol. The van der Waals surface area contributed by atoms with Crippen molar-refractivity contribution in [2.75, 3.05) is 31.6 Å². The number of ether oxygens (including phenoxy) is 1. The monoisotopic (exact) mass is 395 g/mol. The maximum Gasteiger partial charge on any atom is 0.226 e. The maximum absolute atomic E-state index is 14.3. The number of hydrogen-bond acceptors (Lipinski definition) is 4. The molecular formula is C23H26FN3O2. The van der Waals surface area contributed by atoms with Gasteiger partial charge in [-0.15, -0.1) is 0 Å². The quantitative estimate of drug-likeness (QED) is 0.793. The standard InChI is InChI=1S/C23H26FN3O2/c1-29-18-7-5-15(6-8-18)22-19-14-26(21-9-10-25-11-20(21)24)12-17(19)13-27(22)23(28)16-3-2-4-16/h5-11,16-17,19,22H,2-4,12-14H2,1H3/t17-,19-,22-/m0/s1. The summed E-state index contributed by atoms with van der Waals surface area (Å²) < 4.78 is 19.6. The lowest BCUT2D eigenvalue weighted by Gasteiger charge is -2.35. The number of aromatic nitrogens is 1. The Kier molecular flexibility index (Phi) is 4.64. The fourth-order valence-electron chi connectivity index (χ4n) is 5.21. The van der Waals surface area contributed by atoms with Crippen molar-refractivity contribution < 1.29 is 13.9 Å². The zero-order valence-corrected chi connectivity index (χ0v) is 16.6. The highest BCUT2D eigenvalue weighted by molar-refractivity contribution is 5.80. The van der Waals surface area contributed by atoms with Crippen molar-refractivity contribution in [3.05, 3.63) is 54.1 Å². The summed E-state index contributed by atoms with van der Waals surface area (Å²) in [5.74, 6) is 1.65. The molecule has 3 heterocycles. The first kappa shape index (κ1) is 18.4. The molecule has 2 aliphatic heterocycles. The lowest BCUT2D eigenvalue weighted by Crippen LogP contribution is -2.41.